The second-order valence-electron chi connectivity index (χ2n) is 6.53. The van der Waals surface area contributed by atoms with Gasteiger partial charge in [-0.25, -0.2) is 4.98 Å². The normalized spacial score (nSPS) is 10.7. The SMILES string of the molecule is CCN(Cc1nc2cc(Cl)ccc2c(=O)[nH]1)C(=O)CCNc1ccccc1[N+](=O)[O-]. The van der Waals surface area contributed by atoms with E-state index in [2.05, 4.69) is 15.3 Å². The molecule has 1 aromatic heterocycles. The van der Waals surface area contributed by atoms with Crippen LogP contribution in [0.2, 0.25) is 5.02 Å². The molecule has 0 aliphatic rings. The molecule has 0 bridgehead atoms. The Labute approximate surface area is 176 Å². The number of nitrogens with zero attached hydrogens (tertiary/aromatic N) is 3. The number of halogens is 1. The first-order valence-electron chi connectivity index (χ1n) is 9.32. The maximum Gasteiger partial charge on any atom is 0.292 e. The van der Waals surface area contributed by atoms with Gasteiger partial charge in [-0.15, -0.1) is 0 Å². The molecule has 3 aromatic rings. The number of amides is 1. The van der Waals surface area contributed by atoms with Crippen LogP contribution in [0.4, 0.5) is 11.4 Å². The Balaban J connectivity index is 1.66. The van der Waals surface area contributed by atoms with Gasteiger partial charge in [-0.1, -0.05) is 23.7 Å². The average Bonchev–Trinajstić information content (AvgIpc) is 2.71. The molecular weight excluding hydrogens is 410 g/mol. The summed E-state index contributed by atoms with van der Waals surface area (Å²) in [5.41, 5.74) is 0.473. The Morgan fingerprint density at radius 3 is 2.80 bits per heavy atom. The molecule has 0 aliphatic carbocycles. The number of carbonyl (C=O) groups excluding carboxylic acids is 1. The van der Waals surface area contributed by atoms with Crippen LogP contribution in [0, 0.1) is 10.1 Å². The van der Waals surface area contributed by atoms with Crippen molar-refractivity contribution in [3.8, 4) is 0 Å². The summed E-state index contributed by atoms with van der Waals surface area (Å²) in [6, 6.07) is 11.1. The molecule has 2 aromatic carbocycles. The van der Waals surface area contributed by atoms with Gasteiger partial charge in [0.1, 0.15) is 11.5 Å². The summed E-state index contributed by atoms with van der Waals surface area (Å²) >= 11 is 5.98. The average molecular weight is 430 g/mol. The molecule has 30 heavy (non-hydrogen) atoms. The summed E-state index contributed by atoms with van der Waals surface area (Å²) in [4.78, 5) is 44.1. The molecule has 0 radical (unpaired) electrons. The van der Waals surface area contributed by atoms with Gasteiger partial charge < -0.3 is 15.2 Å². The van der Waals surface area contributed by atoms with Gasteiger partial charge in [-0.05, 0) is 31.2 Å². The third kappa shape index (κ3) is 4.93. The van der Waals surface area contributed by atoms with Crippen molar-refractivity contribution in [2.45, 2.75) is 19.9 Å². The predicted molar refractivity (Wildman–Crippen MR) is 115 cm³/mol. The number of carbonyl (C=O) groups is 1. The smallest absolute Gasteiger partial charge is 0.292 e. The highest BCUT2D eigenvalue weighted by molar-refractivity contribution is 6.31. The zero-order valence-electron chi connectivity index (χ0n) is 16.2. The van der Waals surface area contributed by atoms with Gasteiger partial charge >= 0.3 is 0 Å². The van der Waals surface area contributed by atoms with Crippen LogP contribution in [0.3, 0.4) is 0 Å². The fourth-order valence-corrected chi connectivity index (χ4v) is 3.20. The monoisotopic (exact) mass is 429 g/mol. The van der Waals surface area contributed by atoms with Crippen LogP contribution >= 0.6 is 11.6 Å². The maximum absolute atomic E-state index is 12.6. The summed E-state index contributed by atoms with van der Waals surface area (Å²) in [6.45, 7) is 2.61. The second-order valence-corrected chi connectivity index (χ2v) is 6.97. The number of fused-ring (bicyclic) bond motifs is 1. The number of nitrogens with one attached hydrogen (secondary N) is 2. The fourth-order valence-electron chi connectivity index (χ4n) is 3.04. The molecule has 0 saturated carbocycles. The van der Waals surface area contributed by atoms with Crippen molar-refractivity contribution in [1.29, 1.82) is 0 Å². The van der Waals surface area contributed by atoms with Crippen molar-refractivity contribution in [2.75, 3.05) is 18.4 Å². The first kappa shape index (κ1) is 21.3. The Hall–Kier alpha value is -3.46. The molecular formula is C20H20ClN5O4. The van der Waals surface area contributed by atoms with E-state index >= 15 is 0 Å². The van der Waals surface area contributed by atoms with E-state index in [9.17, 15) is 19.7 Å². The highest BCUT2D eigenvalue weighted by atomic mass is 35.5. The number of nitro benzene ring substituents is 1. The number of aromatic nitrogens is 2. The molecule has 0 unspecified atom stereocenters. The molecule has 1 amide bonds. The van der Waals surface area contributed by atoms with E-state index in [0.717, 1.165) is 0 Å². The van der Waals surface area contributed by atoms with Gasteiger partial charge in [0.25, 0.3) is 11.2 Å². The summed E-state index contributed by atoms with van der Waals surface area (Å²) in [5.74, 6) is 0.189. The molecule has 0 aliphatic heterocycles. The number of hydrogen-bond acceptors (Lipinski definition) is 6. The molecule has 3 rings (SSSR count). The number of anilines is 1. The van der Waals surface area contributed by atoms with E-state index in [0.29, 0.717) is 34.0 Å². The van der Waals surface area contributed by atoms with Gasteiger partial charge in [0.05, 0.1) is 22.4 Å². The molecule has 0 atom stereocenters. The number of rotatable bonds is 8. The topological polar surface area (TPSA) is 121 Å². The van der Waals surface area contributed by atoms with Crippen molar-refractivity contribution in [2.24, 2.45) is 0 Å². The number of benzene rings is 2. The standard InChI is InChI=1S/C20H20ClN5O4/c1-2-25(12-18-23-16-11-13(21)7-8-14(16)20(28)24-18)19(27)9-10-22-15-5-3-4-6-17(15)26(29)30/h3-8,11,22H,2,9-10,12H2,1H3,(H,23,24,28). The zero-order chi connectivity index (χ0) is 21.7. The van der Waals surface area contributed by atoms with Gasteiger partial charge in [0.15, 0.2) is 0 Å². The molecule has 1 heterocycles. The maximum atomic E-state index is 12.6. The van der Waals surface area contributed by atoms with Crippen molar-refractivity contribution in [1.82, 2.24) is 14.9 Å². The third-order valence-corrected chi connectivity index (χ3v) is 4.78. The van der Waals surface area contributed by atoms with Gasteiger partial charge in [-0.3, -0.25) is 19.7 Å². The van der Waals surface area contributed by atoms with Crippen molar-refractivity contribution in [3.63, 3.8) is 0 Å². The summed E-state index contributed by atoms with van der Waals surface area (Å²) in [7, 11) is 0. The van der Waals surface area contributed by atoms with Crippen LogP contribution in [0.1, 0.15) is 19.2 Å². The number of para-hydroxylation sites is 2. The minimum Gasteiger partial charge on any atom is -0.379 e. The van der Waals surface area contributed by atoms with Crippen LogP contribution in [-0.4, -0.2) is 38.8 Å². The Kier molecular flexibility index (Phi) is 6.63. The van der Waals surface area contributed by atoms with Gasteiger partial charge in [0, 0.05) is 30.6 Å². The lowest BCUT2D eigenvalue weighted by atomic mass is 10.2. The third-order valence-electron chi connectivity index (χ3n) is 4.55. The molecule has 2 N–H and O–H groups in total. The summed E-state index contributed by atoms with van der Waals surface area (Å²) in [5, 5.41) is 14.9. The quantitative estimate of drug-likeness (QED) is 0.418. The number of H-pyrrole nitrogens is 1. The van der Waals surface area contributed by atoms with Crippen LogP contribution in [0.15, 0.2) is 47.3 Å². The Bertz CT molecular complexity index is 1150. The fraction of sp³-hybridized carbons (Fsp3) is 0.250. The van der Waals surface area contributed by atoms with E-state index in [1.807, 2.05) is 6.92 Å². The highest BCUT2D eigenvalue weighted by Gasteiger charge is 2.16. The lowest BCUT2D eigenvalue weighted by Crippen LogP contribution is -2.33. The number of hydrogen-bond donors (Lipinski definition) is 2. The van der Waals surface area contributed by atoms with Crippen LogP contribution in [0.25, 0.3) is 10.9 Å². The lowest BCUT2D eigenvalue weighted by Gasteiger charge is -2.20. The first-order valence-corrected chi connectivity index (χ1v) is 9.70. The van der Waals surface area contributed by atoms with Gasteiger partial charge in [0.2, 0.25) is 5.91 Å². The van der Waals surface area contributed by atoms with E-state index in [-0.39, 0.29) is 36.7 Å². The Morgan fingerprint density at radius 1 is 1.30 bits per heavy atom. The Morgan fingerprint density at radius 2 is 2.07 bits per heavy atom. The van der Waals surface area contributed by atoms with E-state index in [4.69, 9.17) is 11.6 Å². The van der Waals surface area contributed by atoms with Gasteiger partial charge in [-0.2, -0.15) is 0 Å². The van der Waals surface area contributed by atoms with Crippen molar-refractivity contribution >= 4 is 39.8 Å². The molecule has 156 valence electrons. The molecule has 0 fully saturated rings. The number of nitro groups is 1. The largest absolute Gasteiger partial charge is 0.379 e. The van der Waals surface area contributed by atoms with Crippen molar-refractivity contribution in [3.05, 3.63) is 73.8 Å². The second kappa shape index (κ2) is 9.36. The molecule has 9 nitrogen and oxygen atoms in total. The molecule has 10 heteroatoms. The highest BCUT2D eigenvalue weighted by Crippen LogP contribution is 2.23. The van der Waals surface area contributed by atoms with Crippen LogP contribution in [0.5, 0.6) is 0 Å². The lowest BCUT2D eigenvalue weighted by molar-refractivity contribution is -0.384. The predicted octanol–water partition coefficient (Wildman–Crippen LogP) is 3.34. The summed E-state index contributed by atoms with van der Waals surface area (Å²) in [6.07, 6.45) is 0.129. The van der Waals surface area contributed by atoms with Crippen molar-refractivity contribution < 1.29 is 9.72 Å². The zero-order valence-corrected chi connectivity index (χ0v) is 17.0. The molecule has 0 saturated heterocycles. The summed E-state index contributed by atoms with van der Waals surface area (Å²) < 4.78 is 0. The van der Waals surface area contributed by atoms with E-state index < -0.39 is 4.92 Å². The first-order chi connectivity index (χ1) is 14.4. The van der Waals surface area contributed by atoms with E-state index in [1.54, 1.807) is 41.3 Å². The van der Waals surface area contributed by atoms with Crippen LogP contribution < -0.4 is 10.9 Å². The number of aromatic amines is 1. The minimum absolute atomic E-state index is 0.0473. The molecule has 0 spiro atoms. The van der Waals surface area contributed by atoms with E-state index in [1.165, 1.54) is 6.07 Å². The van der Waals surface area contributed by atoms with Crippen LogP contribution in [-0.2, 0) is 11.3 Å². The minimum atomic E-state index is -0.476.